The fourth-order valence-corrected chi connectivity index (χ4v) is 1.41. The van der Waals surface area contributed by atoms with Crippen molar-refractivity contribution in [1.29, 1.82) is 0 Å². The van der Waals surface area contributed by atoms with E-state index in [9.17, 15) is 8.60 Å². The van der Waals surface area contributed by atoms with Crippen LogP contribution in [0.1, 0.15) is 25.6 Å². The fourth-order valence-electron chi connectivity index (χ4n) is 0.942. The Morgan fingerprint density at radius 1 is 1.43 bits per heavy atom. The van der Waals surface area contributed by atoms with Gasteiger partial charge in [0, 0.05) is 5.92 Å². The van der Waals surface area contributed by atoms with Gasteiger partial charge in [0.15, 0.2) is 16.9 Å². The highest BCUT2D eigenvalue weighted by Gasteiger charge is 2.21. The van der Waals surface area contributed by atoms with Crippen LogP contribution in [-0.2, 0) is 11.1 Å². The monoisotopic (exact) mass is 218 g/mol. The molecular formula is C8H11FN2O2S. The van der Waals surface area contributed by atoms with Crippen molar-refractivity contribution in [3.05, 3.63) is 24.0 Å². The maximum atomic E-state index is 12.5. The Labute approximate surface area is 83.9 Å². The van der Waals surface area contributed by atoms with Gasteiger partial charge < -0.3 is 4.55 Å². The summed E-state index contributed by atoms with van der Waals surface area (Å²) in [6.07, 6.45) is 2.09. The maximum absolute atomic E-state index is 12.5. The molecule has 0 fully saturated rings. The first kappa shape index (κ1) is 11.2. The molecule has 78 valence electrons. The van der Waals surface area contributed by atoms with Crippen LogP contribution in [0.5, 0.6) is 0 Å². The SMILES string of the molecule is C[C@H]([C@@H](C)c1ncc(F)cn1)S(=O)O. The first-order valence-electron chi connectivity index (χ1n) is 4.09. The zero-order valence-corrected chi connectivity index (χ0v) is 8.66. The summed E-state index contributed by atoms with van der Waals surface area (Å²) in [4.78, 5) is 7.50. The molecule has 0 bridgehead atoms. The van der Waals surface area contributed by atoms with E-state index in [0.717, 1.165) is 12.4 Å². The van der Waals surface area contributed by atoms with E-state index in [0.29, 0.717) is 5.82 Å². The number of hydrogen-bond donors (Lipinski definition) is 1. The second kappa shape index (κ2) is 4.56. The molecule has 6 heteroatoms. The minimum Gasteiger partial charge on any atom is -0.306 e. The summed E-state index contributed by atoms with van der Waals surface area (Å²) in [6, 6.07) is 0. The molecule has 0 saturated heterocycles. The van der Waals surface area contributed by atoms with E-state index in [2.05, 4.69) is 9.97 Å². The van der Waals surface area contributed by atoms with Gasteiger partial charge in [0.1, 0.15) is 5.82 Å². The van der Waals surface area contributed by atoms with Crippen molar-refractivity contribution in [3.63, 3.8) is 0 Å². The fraction of sp³-hybridized carbons (Fsp3) is 0.500. The zero-order valence-electron chi connectivity index (χ0n) is 7.85. The number of hydrogen-bond acceptors (Lipinski definition) is 3. The summed E-state index contributed by atoms with van der Waals surface area (Å²) >= 11 is -1.92. The molecule has 14 heavy (non-hydrogen) atoms. The largest absolute Gasteiger partial charge is 0.306 e. The van der Waals surface area contributed by atoms with Gasteiger partial charge in [0.05, 0.1) is 17.6 Å². The molecule has 0 aliphatic rings. The quantitative estimate of drug-likeness (QED) is 0.777. The summed E-state index contributed by atoms with van der Waals surface area (Å²) in [5.41, 5.74) is 0. The summed E-state index contributed by atoms with van der Waals surface area (Å²) in [7, 11) is 0. The third-order valence-corrected chi connectivity index (χ3v) is 3.11. The number of rotatable bonds is 3. The van der Waals surface area contributed by atoms with Crippen molar-refractivity contribution in [2.45, 2.75) is 25.0 Å². The molecule has 0 aliphatic carbocycles. The van der Waals surface area contributed by atoms with Crippen molar-refractivity contribution >= 4 is 11.1 Å². The molecule has 1 unspecified atom stereocenters. The Morgan fingerprint density at radius 2 is 1.93 bits per heavy atom. The van der Waals surface area contributed by atoms with Gasteiger partial charge in [0.2, 0.25) is 0 Å². The highest BCUT2D eigenvalue weighted by atomic mass is 32.2. The lowest BCUT2D eigenvalue weighted by Gasteiger charge is -2.14. The van der Waals surface area contributed by atoms with E-state index in [1.54, 1.807) is 13.8 Å². The van der Waals surface area contributed by atoms with E-state index in [1.807, 2.05) is 0 Å². The average Bonchev–Trinajstić information content (AvgIpc) is 2.16. The lowest BCUT2D eigenvalue weighted by molar-refractivity contribution is 0.531. The van der Waals surface area contributed by atoms with Gasteiger partial charge in [0.25, 0.3) is 0 Å². The molecule has 0 spiro atoms. The van der Waals surface area contributed by atoms with Crippen molar-refractivity contribution in [2.24, 2.45) is 0 Å². The number of nitrogens with zero attached hydrogens (tertiary/aromatic N) is 2. The topological polar surface area (TPSA) is 63.1 Å². The standard InChI is InChI=1S/C8H11FN2O2S/c1-5(6(2)14(12)13)8-10-3-7(9)4-11-8/h3-6H,1-2H3,(H,12,13)/t5-,6-/m1/s1. The van der Waals surface area contributed by atoms with Crippen LogP contribution in [0.4, 0.5) is 4.39 Å². The third-order valence-electron chi connectivity index (χ3n) is 2.07. The van der Waals surface area contributed by atoms with E-state index in [-0.39, 0.29) is 5.92 Å². The molecule has 1 aromatic heterocycles. The third kappa shape index (κ3) is 2.55. The molecule has 1 N–H and O–H groups in total. The summed E-state index contributed by atoms with van der Waals surface area (Å²) < 4.78 is 32.1. The average molecular weight is 218 g/mol. The van der Waals surface area contributed by atoms with Crippen molar-refractivity contribution in [2.75, 3.05) is 0 Å². The Balaban J connectivity index is 2.84. The van der Waals surface area contributed by atoms with E-state index in [4.69, 9.17) is 4.55 Å². The predicted molar refractivity (Wildman–Crippen MR) is 50.6 cm³/mol. The second-order valence-corrected chi connectivity index (χ2v) is 4.33. The summed E-state index contributed by atoms with van der Waals surface area (Å²) in [6.45, 7) is 3.35. The first-order valence-corrected chi connectivity index (χ1v) is 5.26. The molecular weight excluding hydrogens is 207 g/mol. The van der Waals surface area contributed by atoms with E-state index < -0.39 is 22.1 Å². The van der Waals surface area contributed by atoms with E-state index >= 15 is 0 Å². The van der Waals surface area contributed by atoms with Gasteiger partial charge in [-0.25, -0.2) is 18.6 Å². The highest BCUT2D eigenvalue weighted by molar-refractivity contribution is 7.79. The predicted octanol–water partition coefficient (Wildman–Crippen LogP) is 1.33. The van der Waals surface area contributed by atoms with Crippen LogP contribution in [0.25, 0.3) is 0 Å². The van der Waals surface area contributed by atoms with Gasteiger partial charge in [-0.05, 0) is 6.92 Å². The Bertz CT molecular complexity index is 331. The van der Waals surface area contributed by atoms with Crippen LogP contribution in [0.3, 0.4) is 0 Å². The van der Waals surface area contributed by atoms with Crippen LogP contribution in [0.2, 0.25) is 0 Å². The molecule has 1 heterocycles. The van der Waals surface area contributed by atoms with Gasteiger partial charge in [-0.3, -0.25) is 0 Å². The van der Waals surface area contributed by atoms with Crippen molar-refractivity contribution in [3.8, 4) is 0 Å². The molecule has 1 rings (SSSR count). The first-order chi connectivity index (χ1) is 6.52. The van der Waals surface area contributed by atoms with Crippen LogP contribution < -0.4 is 0 Å². The lowest BCUT2D eigenvalue weighted by atomic mass is 10.1. The van der Waals surface area contributed by atoms with Gasteiger partial charge >= 0.3 is 0 Å². The van der Waals surface area contributed by atoms with Crippen LogP contribution in [-0.4, -0.2) is 24.0 Å². The summed E-state index contributed by atoms with van der Waals surface area (Å²) in [5.74, 6) is -0.415. The molecule has 3 atom stereocenters. The number of aromatic nitrogens is 2. The van der Waals surface area contributed by atoms with Gasteiger partial charge in [-0.15, -0.1) is 0 Å². The van der Waals surface area contributed by atoms with Crippen LogP contribution >= 0.6 is 0 Å². The highest BCUT2D eigenvalue weighted by Crippen LogP contribution is 2.17. The minimum absolute atomic E-state index is 0.276. The Hall–Kier alpha value is -0.880. The Kier molecular flexibility index (Phi) is 3.65. The summed E-state index contributed by atoms with van der Waals surface area (Å²) in [5, 5.41) is -0.472. The molecule has 0 saturated carbocycles. The van der Waals surface area contributed by atoms with Gasteiger partial charge in [-0.1, -0.05) is 6.92 Å². The van der Waals surface area contributed by atoms with Crippen molar-refractivity contribution < 1.29 is 13.2 Å². The van der Waals surface area contributed by atoms with Gasteiger partial charge in [-0.2, -0.15) is 0 Å². The smallest absolute Gasteiger partial charge is 0.159 e. The molecule has 1 aromatic rings. The van der Waals surface area contributed by atoms with E-state index in [1.165, 1.54) is 0 Å². The lowest BCUT2D eigenvalue weighted by Crippen LogP contribution is -2.19. The second-order valence-electron chi connectivity index (χ2n) is 3.03. The molecule has 0 aliphatic heterocycles. The molecule has 0 radical (unpaired) electrons. The van der Waals surface area contributed by atoms with Crippen LogP contribution in [0, 0.1) is 5.82 Å². The minimum atomic E-state index is -1.92. The van der Waals surface area contributed by atoms with Crippen molar-refractivity contribution in [1.82, 2.24) is 9.97 Å². The molecule has 0 aromatic carbocycles. The normalized spacial score (nSPS) is 17.4. The Morgan fingerprint density at radius 3 is 2.36 bits per heavy atom. The number of halogens is 1. The molecule has 4 nitrogen and oxygen atoms in total. The van der Waals surface area contributed by atoms with Crippen LogP contribution in [0.15, 0.2) is 12.4 Å². The zero-order chi connectivity index (χ0) is 10.7. The maximum Gasteiger partial charge on any atom is 0.159 e. The molecule has 0 amide bonds.